The predicted octanol–water partition coefficient (Wildman–Crippen LogP) is 1.21. The van der Waals surface area contributed by atoms with Crippen LogP contribution in [0.15, 0.2) is 0 Å². The molecule has 0 unspecified atom stereocenters. The Morgan fingerprint density at radius 2 is 1.11 bits per heavy atom. The summed E-state index contributed by atoms with van der Waals surface area (Å²) in [7, 11) is -8.39. The van der Waals surface area contributed by atoms with E-state index < -0.39 is 20.8 Å². The SMILES string of the molecule is CCCCOS(=O)(=O)OCCCC.O=S(=O)(O)O. The number of hydrogen-bond acceptors (Lipinski definition) is 6. The van der Waals surface area contributed by atoms with E-state index >= 15 is 0 Å². The summed E-state index contributed by atoms with van der Waals surface area (Å²) < 4.78 is 62.6. The Bertz CT molecular complexity index is 348. The number of rotatable bonds is 8. The maximum Gasteiger partial charge on any atom is 0.399 e. The molecule has 0 aromatic rings. The molecule has 10 heteroatoms. The standard InChI is InChI=1S/C8H18O4S.H2O4S/c1-3-5-7-11-13(9,10)12-8-6-4-2;1-5(2,3)4/h3-8H2,1-2H3;(H2,1,2,3,4). The first-order chi connectivity index (χ1) is 8.12. The average molecular weight is 308 g/mol. The lowest BCUT2D eigenvalue weighted by Crippen LogP contribution is -2.11. The molecule has 0 fully saturated rings. The summed E-state index contributed by atoms with van der Waals surface area (Å²) in [6.07, 6.45) is 3.28. The molecule has 0 bridgehead atoms. The Kier molecular flexibility index (Phi) is 11.9. The fraction of sp³-hybridized carbons (Fsp3) is 1.00. The highest BCUT2D eigenvalue weighted by atomic mass is 32.3. The van der Waals surface area contributed by atoms with Crippen molar-refractivity contribution in [1.29, 1.82) is 0 Å². The van der Waals surface area contributed by atoms with Crippen LogP contribution >= 0.6 is 0 Å². The van der Waals surface area contributed by atoms with Gasteiger partial charge in [0.25, 0.3) is 0 Å². The molecule has 0 aliphatic carbocycles. The average Bonchev–Trinajstić information content (AvgIpc) is 2.15. The molecule has 0 heterocycles. The molecule has 18 heavy (non-hydrogen) atoms. The van der Waals surface area contributed by atoms with Crippen LogP contribution < -0.4 is 0 Å². The zero-order valence-electron chi connectivity index (χ0n) is 10.4. The van der Waals surface area contributed by atoms with Crippen molar-refractivity contribution < 1.29 is 34.3 Å². The van der Waals surface area contributed by atoms with E-state index in [1.54, 1.807) is 0 Å². The smallest absolute Gasteiger partial charge is 0.264 e. The van der Waals surface area contributed by atoms with Crippen LogP contribution in [-0.2, 0) is 29.2 Å². The Balaban J connectivity index is 0. The molecule has 0 rings (SSSR count). The van der Waals surface area contributed by atoms with Crippen LogP contribution in [0, 0.1) is 0 Å². The van der Waals surface area contributed by atoms with Crippen molar-refractivity contribution in [3.8, 4) is 0 Å². The topological polar surface area (TPSA) is 127 Å². The summed E-state index contributed by atoms with van der Waals surface area (Å²) in [4.78, 5) is 0. The molecule has 0 saturated carbocycles. The molecule has 0 radical (unpaired) electrons. The molecule has 0 aromatic heterocycles. The van der Waals surface area contributed by atoms with E-state index in [1.807, 2.05) is 13.8 Å². The molecule has 0 spiro atoms. The van der Waals surface area contributed by atoms with Gasteiger partial charge >= 0.3 is 20.8 Å². The fourth-order valence-corrected chi connectivity index (χ4v) is 1.36. The lowest BCUT2D eigenvalue weighted by atomic mass is 10.4. The van der Waals surface area contributed by atoms with E-state index in [0.29, 0.717) is 0 Å². The molecule has 0 atom stereocenters. The Morgan fingerprint density at radius 1 is 0.833 bits per heavy atom. The van der Waals surface area contributed by atoms with Gasteiger partial charge in [-0.05, 0) is 12.8 Å². The monoisotopic (exact) mass is 308 g/mol. The Morgan fingerprint density at radius 3 is 1.33 bits per heavy atom. The van der Waals surface area contributed by atoms with Crippen LogP contribution in [-0.4, -0.2) is 39.2 Å². The van der Waals surface area contributed by atoms with Gasteiger partial charge in [-0.25, -0.2) is 8.37 Å². The summed E-state index contributed by atoms with van der Waals surface area (Å²) in [6, 6.07) is 0. The summed E-state index contributed by atoms with van der Waals surface area (Å²) in [5.41, 5.74) is 0. The summed E-state index contributed by atoms with van der Waals surface area (Å²) >= 11 is 0. The maximum absolute atomic E-state index is 10.9. The molecule has 112 valence electrons. The minimum Gasteiger partial charge on any atom is -0.264 e. The molecule has 0 aromatic carbocycles. The lowest BCUT2D eigenvalue weighted by molar-refractivity contribution is 0.210. The first kappa shape index (κ1) is 20.1. The first-order valence-corrected chi connectivity index (χ1v) is 8.09. The highest BCUT2D eigenvalue weighted by Gasteiger charge is 2.10. The van der Waals surface area contributed by atoms with Crippen LogP contribution in [0.25, 0.3) is 0 Å². The van der Waals surface area contributed by atoms with E-state index in [1.165, 1.54) is 0 Å². The minimum atomic E-state index is -4.67. The highest BCUT2D eigenvalue weighted by Crippen LogP contribution is 2.00. The van der Waals surface area contributed by atoms with Crippen LogP contribution in [0.3, 0.4) is 0 Å². The molecule has 0 saturated heterocycles. The van der Waals surface area contributed by atoms with Crippen LogP contribution in [0.5, 0.6) is 0 Å². The zero-order chi connectivity index (χ0) is 14.7. The third kappa shape index (κ3) is 24.8. The van der Waals surface area contributed by atoms with Gasteiger partial charge in [-0.2, -0.15) is 16.8 Å². The van der Waals surface area contributed by atoms with Gasteiger partial charge in [0.05, 0.1) is 13.2 Å². The number of hydrogen-bond donors (Lipinski definition) is 2. The third-order valence-corrected chi connectivity index (χ3v) is 2.36. The highest BCUT2D eigenvalue weighted by molar-refractivity contribution is 7.81. The van der Waals surface area contributed by atoms with Crippen molar-refractivity contribution in [1.82, 2.24) is 0 Å². The van der Waals surface area contributed by atoms with E-state index in [9.17, 15) is 8.42 Å². The second kappa shape index (κ2) is 10.6. The fourth-order valence-electron chi connectivity index (χ4n) is 0.645. The molecule has 0 amide bonds. The van der Waals surface area contributed by atoms with Crippen molar-refractivity contribution >= 4 is 20.8 Å². The summed E-state index contributed by atoms with van der Waals surface area (Å²) in [6.45, 7) is 4.36. The molecular formula is C8H20O8S2. The molecular weight excluding hydrogens is 288 g/mol. The largest absolute Gasteiger partial charge is 0.399 e. The maximum atomic E-state index is 10.9. The molecule has 0 aliphatic heterocycles. The Hall–Kier alpha value is -0.260. The van der Waals surface area contributed by atoms with Crippen molar-refractivity contribution in [3.63, 3.8) is 0 Å². The van der Waals surface area contributed by atoms with Crippen molar-refractivity contribution in [3.05, 3.63) is 0 Å². The lowest BCUT2D eigenvalue weighted by Gasteiger charge is -2.04. The number of unbranched alkanes of at least 4 members (excludes halogenated alkanes) is 2. The third-order valence-electron chi connectivity index (χ3n) is 1.45. The summed E-state index contributed by atoms with van der Waals surface area (Å²) in [5, 5.41) is 0. The van der Waals surface area contributed by atoms with Crippen molar-refractivity contribution in [2.45, 2.75) is 39.5 Å². The van der Waals surface area contributed by atoms with Crippen LogP contribution in [0.4, 0.5) is 0 Å². The second-order valence-corrected chi connectivity index (χ2v) is 5.39. The van der Waals surface area contributed by atoms with Crippen LogP contribution in [0.2, 0.25) is 0 Å². The van der Waals surface area contributed by atoms with Gasteiger partial charge in [-0.15, -0.1) is 0 Å². The predicted molar refractivity (Wildman–Crippen MR) is 64.8 cm³/mol. The first-order valence-electron chi connectivity index (χ1n) is 5.36. The van der Waals surface area contributed by atoms with Gasteiger partial charge in [0, 0.05) is 0 Å². The normalized spacial score (nSPS) is 11.8. The van der Waals surface area contributed by atoms with E-state index in [4.69, 9.17) is 17.5 Å². The second-order valence-electron chi connectivity index (χ2n) is 3.21. The Labute approximate surface area is 108 Å². The summed E-state index contributed by atoms with van der Waals surface area (Å²) in [5.74, 6) is 0. The molecule has 0 aliphatic rings. The van der Waals surface area contributed by atoms with E-state index in [-0.39, 0.29) is 13.2 Å². The van der Waals surface area contributed by atoms with Gasteiger partial charge in [-0.3, -0.25) is 9.11 Å². The van der Waals surface area contributed by atoms with E-state index in [0.717, 1.165) is 25.7 Å². The van der Waals surface area contributed by atoms with Gasteiger partial charge in [0.1, 0.15) is 0 Å². The molecule has 2 N–H and O–H groups in total. The van der Waals surface area contributed by atoms with Crippen molar-refractivity contribution in [2.24, 2.45) is 0 Å². The minimum absolute atomic E-state index is 0.213. The van der Waals surface area contributed by atoms with Crippen LogP contribution in [0.1, 0.15) is 39.5 Å². The molecule has 8 nitrogen and oxygen atoms in total. The van der Waals surface area contributed by atoms with Crippen molar-refractivity contribution in [2.75, 3.05) is 13.2 Å². The van der Waals surface area contributed by atoms with Gasteiger partial charge in [-0.1, -0.05) is 26.7 Å². The zero-order valence-corrected chi connectivity index (χ0v) is 12.0. The van der Waals surface area contributed by atoms with Gasteiger partial charge in [0.2, 0.25) is 0 Å². The van der Waals surface area contributed by atoms with Gasteiger partial charge < -0.3 is 0 Å². The van der Waals surface area contributed by atoms with Gasteiger partial charge in [0.15, 0.2) is 0 Å². The quantitative estimate of drug-likeness (QED) is 0.506. The van der Waals surface area contributed by atoms with E-state index in [2.05, 4.69) is 8.37 Å².